The Morgan fingerprint density at radius 2 is 1.85 bits per heavy atom. The minimum absolute atomic E-state index is 0.0442. The van der Waals surface area contributed by atoms with Crippen LogP contribution in [0.4, 0.5) is 15.8 Å². The zero-order valence-corrected chi connectivity index (χ0v) is 11.3. The van der Waals surface area contributed by atoms with E-state index in [9.17, 15) is 14.5 Å². The fourth-order valence-corrected chi connectivity index (χ4v) is 1.95. The van der Waals surface area contributed by atoms with E-state index in [4.69, 9.17) is 0 Å². The van der Waals surface area contributed by atoms with E-state index < -0.39 is 4.92 Å². The number of benzene rings is 2. The molecule has 1 unspecified atom stereocenters. The third-order valence-electron chi connectivity index (χ3n) is 3.10. The molecular weight excluding hydrogens is 259 g/mol. The SMILES string of the molecule is Cc1ccc(F)c(NC(C)c2ccc([N+](=O)[O-])cc2)c1. The first-order valence-electron chi connectivity index (χ1n) is 6.24. The molecule has 0 aliphatic rings. The number of nitro benzene ring substituents is 1. The van der Waals surface area contributed by atoms with Gasteiger partial charge in [0, 0.05) is 18.2 Å². The zero-order chi connectivity index (χ0) is 14.7. The molecule has 0 aliphatic carbocycles. The maximum absolute atomic E-state index is 13.7. The number of anilines is 1. The van der Waals surface area contributed by atoms with Crippen molar-refractivity contribution in [2.24, 2.45) is 0 Å². The summed E-state index contributed by atoms with van der Waals surface area (Å²) in [4.78, 5) is 10.2. The van der Waals surface area contributed by atoms with Gasteiger partial charge in [-0.2, -0.15) is 0 Å². The van der Waals surface area contributed by atoms with E-state index in [1.807, 2.05) is 13.8 Å². The number of nitrogens with one attached hydrogen (secondary N) is 1. The number of nitro groups is 1. The minimum atomic E-state index is -0.442. The molecule has 1 N–H and O–H groups in total. The molecule has 0 radical (unpaired) electrons. The molecule has 0 heterocycles. The van der Waals surface area contributed by atoms with E-state index in [2.05, 4.69) is 5.32 Å². The summed E-state index contributed by atoms with van der Waals surface area (Å²) >= 11 is 0. The molecule has 1 atom stereocenters. The molecule has 0 saturated carbocycles. The summed E-state index contributed by atoms with van der Waals surface area (Å²) in [5.74, 6) is -0.315. The van der Waals surface area contributed by atoms with Crippen LogP contribution in [0.5, 0.6) is 0 Å². The first-order valence-corrected chi connectivity index (χ1v) is 6.24. The van der Waals surface area contributed by atoms with Gasteiger partial charge in [-0.25, -0.2) is 4.39 Å². The lowest BCUT2D eigenvalue weighted by Gasteiger charge is -2.16. The molecule has 0 amide bonds. The van der Waals surface area contributed by atoms with E-state index in [0.29, 0.717) is 5.69 Å². The number of nitrogens with zero attached hydrogens (tertiary/aromatic N) is 1. The number of hydrogen-bond acceptors (Lipinski definition) is 3. The van der Waals surface area contributed by atoms with Crippen LogP contribution in [0.1, 0.15) is 24.1 Å². The van der Waals surface area contributed by atoms with Crippen LogP contribution in [0.15, 0.2) is 42.5 Å². The molecule has 104 valence electrons. The summed E-state index contributed by atoms with van der Waals surface area (Å²) in [6.07, 6.45) is 0. The minimum Gasteiger partial charge on any atom is -0.376 e. The normalized spacial score (nSPS) is 11.9. The van der Waals surface area contributed by atoms with Gasteiger partial charge in [-0.1, -0.05) is 18.2 Å². The summed E-state index contributed by atoms with van der Waals surface area (Å²) in [6, 6.07) is 10.9. The van der Waals surface area contributed by atoms with Crippen LogP contribution in [0.25, 0.3) is 0 Å². The Hall–Kier alpha value is -2.43. The van der Waals surface area contributed by atoms with Crippen LogP contribution in [0, 0.1) is 22.9 Å². The lowest BCUT2D eigenvalue weighted by atomic mass is 10.1. The zero-order valence-electron chi connectivity index (χ0n) is 11.3. The molecule has 5 heteroatoms. The summed E-state index contributed by atoms with van der Waals surface area (Å²) in [7, 11) is 0. The summed E-state index contributed by atoms with van der Waals surface area (Å²) in [5, 5.41) is 13.7. The van der Waals surface area contributed by atoms with Crippen LogP contribution in [-0.2, 0) is 0 Å². The van der Waals surface area contributed by atoms with Gasteiger partial charge in [-0.15, -0.1) is 0 Å². The van der Waals surface area contributed by atoms with Gasteiger partial charge < -0.3 is 5.32 Å². The Labute approximate surface area is 116 Å². The van der Waals surface area contributed by atoms with Gasteiger partial charge in [-0.05, 0) is 37.1 Å². The molecule has 0 aliphatic heterocycles. The highest BCUT2D eigenvalue weighted by molar-refractivity contribution is 5.49. The van der Waals surface area contributed by atoms with Crippen molar-refractivity contribution in [3.05, 3.63) is 69.5 Å². The van der Waals surface area contributed by atoms with Gasteiger partial charge in [-0.3, -0.25) is 10.1 Å². The van der Waals surface area contributed by atoms with Crippen molar-refractivity contribution in [2.45, 2.75) is 19.9 Å². The van der Waals surface area contributed by atoms with E-state index in [1.54, 1.807) is 24.3 Å². The van der Waals surface area contributed by atoms with Crippen molar-refractivity contribution in [1.82, 2.24) is 0 Å². The highest BCUT2D eigenvalue weighted by atomic mass is 19.1. The molecule has 2 rings (SSSR count). The second-order valence-electron chi connectivity index (χ2n) is 4.70. The lowest BCUT2D eigenvalue weighted by Crippen LogP contribution is -2.08. The van der Waals surface area contributed by atoms with E-state index >= 15 is 0 Å². The highest BCUT2D eigenvalue weighted by Crippen LogP contribution is 2.24. The Kier molecular flexibility index (Phi) is 3.98. The molecule has 0 aromatic heterocycles. The lowest BCUT2D eigenvalue weighted by molar-refractivity contribution is -0.384. The molecule has 0 saturated heterocycles. The van der Waals surface area contributed by atoms with E-state index in [1.165, 1.54) is 18.2 Å². The molecule has 0 bridgehead atoms. The number of non-ortho nitro benzene ring substituents is 1. The third-order valence-corrected chi connectivity index (χ3v) is 3.10. The van der Waals surface area contributed by atoms with Crippen LogP contribution in [0.2, 0.25) is 0 Å². The topological polar surface area (TPSA) is 55.2 Å². The van der Waals surface area contributed by atoms with E-state index in [-0.39, 0.29) is 17.5 Å². The summed E-state index contributed by atoms with van der Waals surface area (Å²) in [6.45, 7) is 3.77. The summed E-state index contributed by atoms with van der Waals surface area (Å²) in [5.41, 5.74) is 2.29. The average molecular weight is 274 g/mol. The van der Waals surface area contributed by atoms with Crippen LogP contribution in [0.3, 0.4) is 0 Å². The molecule has 2 aromatic rings. The van der Waals surface area contributed by atoms with Gasteiger partial charge >= 0.3 is 0 Å². The molecule has 4 nitrogen and oxygen atoms in total. The highest BCUT2D eigenvalue weighted by Gasteiger charge is 2.11. The quantitative estimate of drug-likeness (QED) is 0.671. The Morgan fingerprint density at radius 3 is 2.45 bits per heavy atom. The predicted molar refractivity (Wildman–Crippen MR) is 76.3 cm³/mol. The van der Waals surface area contributed by atoms with Crippen molar-refractivity contribution in [3.8, 4) is 0 Å². The average Bonchev–Trinajstić information content (AvgIpc) is 2.43. The second kappa shape index (κ2) is 5.69. The van der Waals surface area contributed by atoms with Crippen molar-refractivity contribution >= 4 is 11.4 Å². The number of aryl methyl sites for hydroxylation is 1. The molecule has 20 heavy (non-hydrogen) atoms. The molecule has 0 fully saturated rings. The van der Waals surface area contributed by atoms with Gasteiger partial charge in [0.25, 0.3) is 5.69 Å². The Morgan fingerprint density at radius 1 is 1.20 bits per heavy atom. The maximum Gasteiger partial charge on any atom is 0.269 e. The molecular formula is C15H15FN2O2. The second-order valence-corrected chi connectivity index (χ2v) is 4.70. The van der Waals surface area contributed by atoms with Crippen LogP contribution in [-0.4, -0.2) is 4.92 Å². The predicted octanol–water partition coefficient (Wildman–Crippen LogP) is 4.22. The van der Waals surface area contributed by atoms with Gasteiger partial charge in [0.2, 0.25) is 0 Å². The number of halogens is 1. The fraction of sp³-hybridized carbons (Fsp3) is 0.200. The Bertz CT molecular complexity index is 626. The van der Waals surface area contributed by atoms with Crippen LogP contribution >= 0.6 is 0 Å². The van der Waals surface area contributed by atoms with Gasteiger partial charge in [0.1, 0.15) is 5.82 Å². The standard InChI is InChI=1S/C15H15FN2O2/c1-10-3-8-14(16)15(9-10)17-11(2)12-4-6-13(7-5-12)18(19)20/h3-9,11,17H,1-2H3. The van der Waals surface area contributed by atoms with Crippen molar-refractivity contribution in [3.63, 3.8) is 0 Å². The van der Waals surface area contributed by atoms with Crippen LogP contribution < -0.4 is 5.32 Å². The van der Waals surface area contributed by atoms with Gasteiger partial charge in [0.15, 0.2) is 0 Å². The third kappa shape index (κ3) is 3.12. The first-order chi connectivity index (χ1) is 9.47. The first kappa shape index (κ1) is 14.0. The van der Waals surface area contributed by atoms with Gasteiger partial charge in [0.05, 0.1) is 10.6 Å². The molecule has 0 spiro atoms. The van der Waals surface area contributed by atoms with Crippen molar-refractivity contribution < 1.29 is 9.31 Å². The van der Waals surface area contributed by atoms with Crippen molar-refractivity contribution in [2.75, 3.05) is 5.32 Å². The Balaban J connectivity index is 2.17. The smallest absolute Gasteiger partial charge is 0.269 e. The van der Waals surface area contributed by atoms with E-state index in [0.717, 1.165) is 11.1 Å². The largest absolute Gasteiger partial charge is 0.376 e. The monoisotopic (exact) mass is 274 g/mol. The number of hydrogen-bond donors (Lipinski definition) is 1. The maximum atomic E-state index is 13.7. The fourth-order valence-electron chi connectivity index (χ4n) is 1.95. The summed E-state index contributed by atoms with van der Waals surface area (Å²) < 4.78 is 13.7. The molecule has 2 aromatic carbocycles. The van der Waals surface area contributed by atoms with Crippen molar-refractivity contribution in [1.29, 1.82) is 0 Å². The number of rotatable bonds is 4.